The minimum atomic E-state index is -0.664. The van der Waals surface area contributed by atoms with E-state index in [0.717, 1.165) is 0 Å². The van der Waals surface area contributed by atoms with Crippen molar-refractivity contribution in [2.24, 2.45) is 0 Å². The Bertz CT molecular complexity index is 623. The van der Waals surface area contributed by atoms with Crippen LogP contribution >= 0.6 is 0 Å². The van der Waals surface area contributed by atoms with Gasteiger partial charge in [0.05, 0.1) is 19.2 Å². The molecule has 5 nitrogen and oxygen atoms in total. The quantitative estimate of drug-likeness (QED) is 0.854. The molecular formula is C16H17FN2O3. The number of hydrogen-bond acceptors (Lipinski definition) is 3. The minimum Gasteiger partial charge on any atom is -0.467 e. The van der Waals surface area contributed by atoms with Gasteiger partial charge in [0, 0.05) is 0 Å². The highest BCUT2D eigenvalue weighted by Crippen LogP contribution is 2.04. The highest BCUT2D eigenvalue weighted by atomic mass is 19.1. The Hall–Kier alpha value is -2.63. The lowest BCUT2D eigenvalue weighted by atomic mass is 10.1. The molecule has 0 saturated heterocycles. The molecule has 0 unspecified atom stereocenters. The van der Waals surface area contributed by atoms with E-state index < -0.39 is 6.04 Å². The maximum atomic E-state index is 12.8. The van der Waals surface area contributed by atoms with Crippen LogP contribution in [-0.4, -0.2) is 17.9 Å². The zero-order valence-electron chi connectivity index (χ0n) is 12.1. The summed E-state index contributed by atoms with van der Waals surface area (Å²) < 4.78 is 17.9. The lowest BCUT2D eigenvalue weighted by molar-refractivity contribution is -0.128. The van der Waals surface area contributed by atoms with Crippen LogP contribution in [-0.2, 0) is 22.6 Å². The molecule has 116 valence electrons. The van der Waals surface area contributed by atoms with E-state index in [-0.39, 0.29) is 30.6 Å². The molecule has 0 aliphatic heterocycles. The van der Waals surface area contributed by atoms with E-state index in [4.69, 9.17) is 4.42 Å². The van der Waals surface area contributed by atoms with Crippen LogP contribution in [0.4, 0.5) is 4.39 Å². The summed E-state index contributed by atoms with van der Waals surface area (Å²) in [5, 5.41) is 5.26. The first-order valence-corrected chi connectivity index (χ1v) is 6.88. The van der Waals surface area contributed by atoms with Crippen LogP contribution in [0.25, 0.3) is 0 Å². The summed E-state index contributed by atoms with van der Waals surface area (Å²) in [6, 6.07) is 8.48. The Morgan fingerprint density at radius 3 is 2.59 bits per heavy atom. The molecule has 0 saturated carbocycles. The van der Waals surface area contributed by atoms with Crippen molar-refractivity contribution < 1.29 is 18.4 Å². The number of carbonyl (C=O) groups excluding carboxylic acids is 2. The van der Waals surface area contributed by atoms with Gasteiger partial charge in [-0.05, 0) is 36.8 Å². The monoisotopic (exact) mass is 304 g/mol. The minimum absolute atomic E-state index is 0.0933. The Kier molecular flexibility index (Phi) is 5.30. The van der Waals surface area contributed by atoms with Crippen LogP contribution in [0.1, 0.15) is 18.2 Å². The SMILES string of the molecule is C[C@@H](NC(=O)Cc1ccc(F)cc1)C(=O)NCc1ccco1. The van der Waals surface area contributed by atoms with Crippen LogP contribution < -0.4 is 10.6 Å². The molecule has 1 heterocycles. The molecule has 0 aliphatic rings. The maximum absolute atomic E-state index is 12.8. The molecule has 0 fully saturated rings. The molecule has 1 aromatic carbocycles. The molecule has 2 N–H and O–H groups in total. The van der Waals surface area contributed by atoms with Gasteiger partial charge in [-0.2, -0.15) is 0 Å². The van der Waals surface area contributed by atoms with Gasteiger partial charge in [0.1, 0.15) is 17.6 Å². The predicted octanol–water partition coefficient (Wildman–Crippen LogP) is 1.78. The molecule has 22 heavy (non-hydrogen) atoms. The first-order valence-electron chi connectivity index (χ1n) is 6.88. The Morgan fingerprint density at radius 1 is 1.23 bits per heavy atom. The van der Waals surface area contributed by atoms with Gasteiger partial charge >= 0.3 is 0 Å². The van der Waals surface area contributed by atoms with Crippen LogP contribution in [0.15, 0.2) is 47.1 Å². The average Bonchev–Trinajstić information content (AvgIpc) is 3.00. The van der Waals surface area contributed by atoms with Crippen molar-refractivity contribution in [1.29, 1.82) is 0 Å². The molecule has 0 bridgehead atoms. The number of rotatable bonds is 6. The van der Waals surface area contributed by atoms with E-state index in [9.17, 15) is 14.0 Å². The van der Waals surface area contributed by atoms with E-state index in [2.05, 4.69) is 10.6 Å². The normalized spacial score (nSPS) is 11.7. The lowest BCUT2D eigenvalue weighted by Crippen LogP contribution is -2.45. The average molecular weight is 304 g/mol. The van der Waals surface area contributed by atoms with Gasteiger partial charge in [0.2, 0.25) is 11.8 Å². The van der Waals surface area contributed by atoms with Gasteiger partial charge in [-0.1, -0.05) is 12.1 Å². The van der Waals surface area contributed by atoms with Gasteiger partial charge in [-0.25, -0.2) is 4.39 Å². The molecule has 0 spiro atoms. The summed E-state index contributed by atoms with van der Waals surface area (Å²) in [5.74, 6) is -0.316. The van der Waals surface area contributed by atoms with Gasteiger partial charge in [-0.15, -0.1) is 0 Å². The number of furan rings is 1. The third-order valence-electron chi connectivity index (χ3n) is 3.07. The summed E-state index contributed by atoms with van der Waals surface area (Å²) in [5.41, 5.74) is 0.682. The third-order valence-corrected chi connectivity index (χ3v) is 3.07. The fourth-order valence-corrected chi connectivity index (χ4v) is 1.89. The number of hydrogen-bond donors (Lipinski definition) is 2. The second-order valence-electron chi connectivity index (χ2n) is 4.89. The van der Waals surface area contributed by atoms with Crippen molar-refractivity contribution >= 4 is 11.8 Å². The van der Waals surface area contributed by atoms with Crippen molar-refractivity contribution in [3.63, 3.8) is 0 Å². The Balaban J connectivity index is 1.77. The van der Waals surface area contributed by atoms with Crippen LogP contribution in [0.2, 0.25) is 0 Å². The van der Waals surface area contributed by atoms with E-state index in [1.165, 1.54) is 30.5 Å². The van der Waals surface area contributed by atoms with Gasteiger partial charge in [-0.3, -0.25) is 9.59 Å². The first kappa shape index (κ1) is 15.8. The standard InChI is InChI=1S/C16H17FN2O3/c1-11(16(21)18-10-14-3-2-8-22-14)19-15(20)9-12-4-6-13(17)7-5-12/h2-8,11H,9-10H2,1H3,(H,18,21)(H,19,20)/t11-/m1/s1. The van der Waals surface area contributed by atoms with Crippen molar-refractivity contribution in [2.45, 2.75) is 25.9 Å². The van der Waals surface area contributed by atoms with E-state index in [1.807, 2.05) is 0 Å². The summed E-state index contributed by atoms with van der Waals surface area (Å²) in [6.07, 6.45) is 1.62. The molecule has 2 rings (SSSR count). The van der Waals surface area contributed by atoms with Gasteiger partial charge in [0.15, 0.2) is 0 Å². The molecule has 2 aromatic rings. The smallest absolute Gasteiger partial charge is 0.242 e. The highest BCUT2D eigenvalue weighted by molar-refractivity contribution is 5.87. The topological polar surface area (TPSA) is 71.3 Å². The van der Waals surface area contributed by atoms with Crippen molar-refractivity contribution in [1.82, 2.24) is 10.6 Å². The van der Waals surface area contributed by atoms with Crippen LogP contribution in [0.3, 0.4) is 0 Å². The summed E-state index contributed by atoms with van der Waals surface area (Å²) in [6.45, 7) is 1.87. The second kappa shape index (κ2) is 7.40. The molecule has 6 heteroatoms. The second-order valence-corrected chi connectivity index (χ2v) is 4.89. The van der Waals surface area contributed by atoms with E-state index in [1.54, 1.807) is 19.1 Å². The fraction of sp³-hybridized carbons (Fsp3) is 0.250. The molecule has 0 aliphatic carbocycles. The first-order chi connectivity index (χ1) is 10.5. The number of benzene rings is 1. The zero-order valence-corrected chi connectivity index (χ0v) is 12.1. The molecule has 1 aromatic heterocycles. The number of halogens is 1. The van der Waals surface area contributed by atoms with Crippen molar-refractivity contribution in [3.8, 4) is 0 Å². The Morgan fingerprint density at radius 2 is 1.95 bits per heavy atom. The molecule has 0 radical (unpaired) electrons. The number of nitrogens with one attached hydrogen (secondary N) is 2. The molecular weight excluding hydrogens is 287 g/mol. The number of amides is 2. The van der Waals surface area contributed by atoms with Crippen LogP contribution in [0, 0.1) is 5.82 Å². The Labute approximate surface area is 127 Å². The van der Waals surface area contributed by atoms with Gasteiger partial charge in [0.25, 0.3) is 0 Å². The van der Waals surface area contributed by atoms with Crippen LogP contribution in [0.5, 0.6) is 0 Å². The third kappa shape index (κ3) is 4.73. The molecule has 1 atom stereocenters. The fourth-order valence-electron chi connectivity index (χ4n) is 1.89. The molecule has 2 amide bonds. The van der Waals surface area contributed by atoms with Crippen molar-refractivity contribution in [2.75, 3.05) is 0 Å². The predicted molar refractivity (Wildman–Crippen MR) is 78.3 cm³/mol. The van der Waals surface area contributed by atoms with E-state index in [0.29, 0.717) is 11.3 Å². The largest absolute Gasteiger partial charge is 0.467 e. The van der Waals surface area contributed by atoms with Crippen molar-refractivity contribution in [3.05, 3.63) is 59.8 Å². The van der Waals surface area contributed by atoms with Gasteiger partial charge < -0.3 is 15.1 Å². The summed E-state index contributed by atoms with van der Waals surface area (Å²) in [7, 11) is 0. The summed E-state index contributed by atoms with van der Waals surface area (Å²) >= 11 is 0. The zero-order chi connectivity index (χ0) is 15.9. The summed E-state index contributed by atoms with van der Waals surface area (Å²) in [4.78, 5) is 23.7. The highest BCUT2D eigenvalue weighted by Gasteiger charge is 2.15. The number of carbonyl (C=O) groups is 2. The lowest BCUT2D eigenvalue weighted by Gasteiger charge is -2.13. The maximum Gasteiger partial charge on any atom is 0.242 e. The van der Waals surface area contributed by atoms with E-state index >= 15 is 0 Å².